The normalized spacial score (nSPS) is 30.8. The Labute approximate surface area is 114 Å². The van der Waals surface area contributed by atoms with Gasteiger partial charge in [-0.05, 0) is 38.5 Å². The van der Waals surface area contributed by atoms with Crippen LogP contribution in [0.25, 0.3) is 0 Å². The molecule has 1 fully saturated rings. The summed E-state index contributed by atoms with van der Waals surface area (Å²) in [4.78, 5) is 12.0. The first-order valence-corrected chi connectivity index (χ1v) is 8.76. The molecule has 1 amide bonds. The molecular formula is C12H22ClNO3S. The van der Waals surface area contributed by atoms with Gasteiger partial charge in [-0.2, -0.15) is 0 Å². The second-order valence-electron chi connectivity index (χ2n) is 5.56. The van der Waals surface area contributed by atoms with Crippen molar-refractivity contribution in [2.75, 3.05) is 12.1 Å². The van der Waals surface area contributed by atoms with Gasteiger partial charge in [0.1, 0.15) is 5.25 Å². The maximum atomic E-state index is 12.0. The van der Waals surface area contributed by atoms with Crippen LogP contribution >= 0.6 is 11.6 Å². The van der Waals surface area contributed by atoms with E-state index in [0.717, 1.165) is 31.9 Å². The largest absolute Gasteiger partial charge is 0.348 e. The topological polar surface area (TPSA) is 63.2 Å². The van der Waals surface area contributed by atoms with Crippen molar-refractivity contribution in [3.63, 3.8) is 0 Å². The number of rotatable bonds is 4. The number of halogens is 1. The van der Waals surface area contributed by atoms with Crippen molar-refractivity contribution < 1.29 is 13.2 Å². The summed E-state index contributed by atoms with van der Waals surface area (Å²) in [5.41, 5.74) is -0.426. The summed E-state index contributed by atoms with van der Waals surface area (Å²) in [5.74, 6) is 0.542. The quantitative estimate of drug-likeness (QED) is 0.803. The maximum absolute atomic E-state index is 12.0. The minimum atomic E-state index is -3.35. The van der Waals surface area contributed by atoms with Crippen molar-refractivity contribution in [1.29, 1.82) is 0 Å². The Balaban J connectivity index is 2.72. The van der Waals surface area contributed by atoms with Gasteiger partial charge in [-0.15, -0.1) is 11.6 Å². The van der Waals surface area contributed by atoms with E-state index < -0.39 is 26.5 Å². The molecular weight excluding hydrogens is 274 g/mol. The molecule has 0 spiro atoms. The summed E-state index contributed by atoms with van der Waals surface area (Å²) in [6, 6.07) is 0. The molecule has 0 bridgehead atoms. The predicted molar refractivity (Wildman–Crippen MR) is 73.5 cm³/mol. The zero-order valence-electron chi connectivity index (χ0n) is 11.2. The van der Waals surface area contributed by atoms with E-state index in [1.807, 2.05) is 0 Å². The fourth-order valence-corrected chi connectivity index (χ4v) is 2.95. The van der Waals surface area contributed by atoms with Gasteiger partial charge in [0.25, 0.3) is 0 Å². The Morgan fingerprint density at radius 2 is 1.94 bits per heavy atom. The van der Waals surface area contributed by atoms with Crippen LogP contribution < -0.4 is 5.32 Å². The van der Waals surface area contributed by atoms with E-state index in [9.17, 15) is 13.2 Å². The molecule has 0 aromatic heterocycles. The van der Waals surface area contributed by atoms with E-state index in [4.69, 9.17) is 11.6 Å². The van der Waals surface area contributed by atoms with Gasteiger partial charge in [-0.3, -0.25) is 4.79 Å². The highest BCUT2D eigenvalue weighted by Crippen LogP contribution is 2.32. The summed E-state index contributed by atoms with van der Waals surface area (Å²) < 4.78 is 22.7. The molecule has 0 aromatic carbocycles. The first-order valence-electron chi connectivity index (χ1n) is 6.27. The second-order valence-corrected chi connectivity index (χ2v) is 8.19. The summed E-state index contributed by atoms with van der Waals surface area (Å²) >= 11 is 5.98. The highest BCUT2D eigenvalue weighted by molar-refractivity contribution is 7.92. The fourth-order valence-electron chi connectivity index (χ4n) is 2.16. The van der Waals surface area contributed by atoms with Crippen LogP contribution in [0.15, 0.2) is 0 Å². The molecule has 1 aliphatic carbocycles. The van der Waals surface area contributed by atoms with Gasteiger partial charge in [-0.1, -0.05) is 6.92 Å². The Kier molecular flexibility index (Phi) is 5.06. The molecule has 0 aliphatic heterocycles. The summed E-state index contributed by atoms with van der Waals surface area (Å²) in [7, 11) is -3.35. The van der Waals surface area contributed by atoms with Crippen LogP contribution in [0.3, 0.4) is 0 Å². The maximum Gasteiger partial charge on any atom is 0.238 e. The molecule has 6 heteroatoms. The van der Waals surface area contributed by atoms with E-state index in [2.05, 4.69) is 12.2 Å². The van der Waals surface area contributed by atoms with Crippen molar-refractivity contribution >= 4 is 27.3 Å². The highest BCUT2D eigenvalue weighted by Gasteiger charge is 2.37. The van der Waals surface area contributed by atoms with Crippen molar-refractivity contribution in [2.24, 2.45) is 5.92 Å². The monoisotopic (exact) mass is 295 g/mol. The number of alkyl halides is 1. The zero-order valence-corrected chi connectivity index (χ0v) is 12.8. The molecule has 0 saturated heterocycles. The molecule has 1 aliphatic rings. The minimum absolute atomic E-state index is 0.335. The lowest BCUT2D eigenvalue weighted by Crippen LogP contribution is -2.55. The molecule has 1 atom stereocenters. The highest BCUT2D eigenvalue weighted by atomic mass is 35.5. The van der Waals surface area contributed by atoms with Crippen LogP contribution in [0.5, 0.6) is 0 Å². The Morgan fingerprint density at radius 1 is 1.44 bits per heavy atom. The average molecular weight is 296 g/mol. The Bertz CT molecular complexity index is 400. The summed E-state index contributed by atoms with van der Waals surface area (Å²) in [6.07, 6.45) is 4.74. The van der Waals surface area contributed by atoms with Crippen LogP contribution in [0.1, 0.15) is 39.5 Å². The van der Waals surface area contributed by atoms with E-state index in [1.165, 1.54) is 6.92 Å². The number of hydrogen-bond donors (Lipinski definition) is 1. The molecule has 4 nitrogen and oxygen atoms in total. The van der Waals surface area contributed by atoms with Crippen molar-refractivity contribution in [3.8, 4) is 0 Å². The van der Waals surface area contributed by atoms with Crippen LogP contribution in [0.2, 0.25) is 0 Å². The molecule has 0 heterocycles. The lowest BCUT2D eigenvalue weighted by molar-refractivity contribution is -0.122. The van der Waals surface area contributed by atoms with Gasteiger partial charge in [0.15, 0.2) is 9.84 Å². The van der Waals surface area contributed by atoms with Crippen LogP contribution in [0.4, 0.5) is 0 Å². The van der Waals surface area contributed by atoms with Crippen molar-refractivity contribution in [3.05, 3.63) is 0 Å². The number of sulfone groups is 1. The SMILES string of the molecule is CC1CCC(CCl)(NC(=O)C(C)S(C)(=O)=O)CC1. The number of nitrogens with one attached hydrogen (secondary N) is 1. The van der Waals surface area contributed by atoms with Gasteiger partial charge >= 0.3 is 0 Å². The number of carbonyl (C=O) groups is 1. The van der Waals surface area contributed by atoms with Gasteiger partial charge in [0.05, 0.1) is 5.54 Å². The molecule has 1 saturated carbocycles. The van der Waals surface area contributed by atoms with Gasteiger partial charge < -0.3 is 5.32 Å². The molecule has 1 N–H and O–H groups in total. The standard InChI is InChI=1S/C12H22ClNO3S/c1-9-4-6-12(8-13,7-5-9)14-11(15)10(2)18(3,16)17/h9-10H,4-8H2,1-3H3,(H,14,15). The third-order valence-electron chi connectivity index (χ3n) is 3.89. The third-order valence-corrected chi connectivity index (χ3v) is 5.90. The smallest absolute Gasteiger partial charge is 0.238 e. The molecule has 0 radical (unpaired) electrons. The predicted octanol–water partition coefficient (Wildman–Crippen LogP) is 1.72. The van der Waals surface area contributed by atoms with Gasteiger partial charge in [0, 0.05) is 12.1 Å². The number of amides is 1. The number of carbonyl (C=O) groups excluding carboxylic acids is 1. The first kappa shape index (κ1) is 15.8. The van der Waals surface area contributed by atoms with Crippen molar-refractivity contribution in [1.82, 2.24) is 5.32 Å². The van der Waals surface area contributed by atoms with E-state index in [1.54, 1.807) is 0 Å². The second kappa shape index (κ2) is 5.78. The lowest BCUT2D eigenvalue weighted by atomic mass is 9.78. The Hall–Kier alpha value is -0.290. The van der Waals surface area contributed by atoms with E-state index in [-0.39, 0.29) is 0 Å². The number of hydrogen-bond acceptors (Lipinski definition) is 3. The summed E-state index contributed by atoms with van der Waals surface area (Å²) in [5, 5.41) is 1.84. The Morgan fingerprint density at radius 3 is 2.33 bits per heavy atom. The molecule has 18 heavy (non-hydrogen) atoms. The van der Waals surface area contributed by atoms with Gasteiger partial charge in [-0.25, -0.2) is 8.42 Å². The zero-order chi connectivity index (χ0) is 14.0. The third kappa shape index (κ3) is 3.85. The molecule has 1 rings (SSSR count). The fraction of sp³-hybridized carbons (Fsp3) is 0.917. The average Bonchev–Trinajstić information content (AvgIpc) is 2.30. The van der Waals surface area contributed by atoms with E-state index in [0.29, 0.717) is 11.8 Å². The molecule has 0 aromatic rings. The minimum Gasteiger partial charge on any atom is -0.348 e. The first-order chi connectivity index (χ1) is 8.20. The van der Waals surface area contributed by atoms with Crippen molar-refractivity contribution in [2.45, 2.75) is 50.3 Å². The lowest BCUT2D eigenvalue weighted by Gasteiger charge is -2.39. The van der Waals surface area contributed by atoms with Crippen LogP contribution in [-0.4, -0.2) is 37.2 Å². The molecule has 1 unspecified atom stereocenters. The molecule has 106 valence electrons. The van der Waals surface area contributed by atoms with Gasteiger partial charge in [0.2, 0.25) is 5.91 Å². The van der Waals surface area contributed by atoms with E-state index >= 15 is 0 Å². The summed E-state index contributed by atoms with van der Waals surface area (Å²) in [6.45, 7) is 3.59. The van der Waals surface area contributed by atoms with Crippen LogP contribution in [0, 0.1) is 5.92 Å². The van der Waals surface area contributed by atoms with Crippen LogP contribution in [-0.2, 0) is 14.6 Å².